The highest BCUT2D eigenvalue weighted by Gasteiger charge is 2.19. The van der Waals surface area contributed by atoms with Crippen molar-refractivity contribution in [2.45, 2.75) is 23.6 Å². The van der Waals surface area contributed by atoms with Crippen LogP contribution < -0.4 is 0 Å². The minimum absolute atomic E-state index is 0.690. The summed E-state index contributed by atoms with van der Waals surface area (Å²) < 4.78 is 2.81. The van der Waals surface area contributed by atoms with Crippen LogP contribution in [-0.4, -0.2) is 0 Å². The molecule has 0 saturated carbocycles. The number of hydrogen-bond acceptors (Lipinski definition) is 3. The fourth-order valence-corrected chi connectivity index (χ4v) is 6.01. The Morgan fingerprint density at radius 1 is 0.706 bits per heavy atom. The van der Waals surface area contributed by atoms with Crippen LogP contribution in [0.25, 0.3) is 0 Å². The lowest BCUT2D eigenvalue weighted by molar-refractivity contribution is 1.33. The Morgan fingerprint density at radius 3 is 1.29 bits per heavy atom. The lowest BCUT2D eigenvalue weighted by Gasteiger charge is -2.02. The third-order valence-corrected chi connectivity index (χ3v) is 7.71. The van der Waals surface area contributed by atoms with Crippen LogP contribution >= 0.6 is 80.8 Å². The molecule has 0 aliphatic carbocycles. The summed E-state index contributed by atoms with van der Waals surface area (Å²) in [5.74, 6) is 0. The van der Waals surface area contributed by atoms with Crippen LogP contribution in [0.2, 0.25) is 17.3 Å². The Balaban J connectivity index is 2.44. The van der Waals surface area contributed by atoms with Gasteiger partial charge in [-0.1, -0.05) is 58.2 Å². The summed E-state index contributed by atoms with van der Waals surface area (Å²) in [5, 5.41) is 0. The third-order valence-electron chi connectivity index (χ3n) is 2.19. The largest absolute Gasteiger partial charge is 0.110 e. The Labute approximate surface area is 132 Å². The molecule has 17 heavy (non-hydrogen) atoms. The van der Waals surface area contributed by atoms with Crippen molar-refractivity contribution >= 4 is 80.8 Å². The lowest BCUT2D eigenvalue weighted by atomic mass is 10.4. The van der Waals surface area contributed by atoms with Crippen LogP contribution in [0.4, 0.5) is 0 Å². The maximum Gasteiger partial charge on any atom is 0.109 e. The van der Waals surface area contributed by atoms with Crippen molar-refractivity contribution in [2.75, 3.05) is 0 Å². The van der Waals surface area contributed by atoms with Crippen LogP contribution in [0.15, 0.2) is 9.79 Å². The molecule has 2 aromatic heterocycles. The summed E-state index contributed by atoms with van der Waals surface area (Å²) in [4.78, 5) is 1.92. The Kier molecular flexibility index (Phi) is 4.63. The van der Waals surface area contributed by atoms with Gasteiger partial charge in [-0.05, 0) is 25.0 Å². The van der Waals surface area contributed by atoms with Gasteiger partial charge in [-0.3, -0.25) is 0 Å². The smallest absolute Gasteiger partial charge is 0.109 e. The Morgan fingerprint density at radius 2 is 1.06 bits per heavy atom. The van der Waals surface area contributed by atoms with Crippen molar-refractivity contribution < 1.29 is 0 Å². The second-order valence-electron chi connectivity index (χ2n) is 3.31. The van der Waals surface area contributed by atoms with E-state index in [1.807, 2.05) is 13.8 Å². The highest BCUT2D eigenvalue weighted by Crippen LogP contribution is 2.50. The Hall–Kier alpha value is 0.910. The standard InChI is InChI=1S/C10H6Cl4S3/c1-3-5(9(13)16-7(3)11)15-6-4(2)8(12)17-10(6)14/h1-2H3. The molecule has 0 aliphatic heterocycles. The molecule has 0 saturated heterocycles. The van der Waals surface area contributed by atoms with Crippen LogP contribution in [0.3, 0.4) is 0 Å². The zero-order chi connectivity index (χ0) is 12.7. The van der Waals surface area contributed by atoms with E-state index in [1.54, 1.807) is 0 Å². The van der Waals surface area contributed by atoms with E-state index in [0.717, 1.165) is 20.9 Å². The molecule has 0 unspecified atom stereocenters. The van der Waals surface area contributed by atoms with Gasteiger partial charge in [0.15, 0.2) is 0 Å². The monoisotopic (exact) mass is 362 g/mol. The van der Waals surface area contributed by atoms with Crippen LogP contribution in [0.1, 0.15) is 11.1 Å². The minimum Gasteiger partial charge on any atom is -0.110 e. The van der Waals surface area contributed by atoms with E-state index >= 15 is 0 Å². The molecule has 0 amide bonds. The number of halogens is 4. The molecule has 0 bridgehead atoms. The molecular weight excluding hydrogens is 358 g/mol. The number of hydrogen-bond donors (Lipinski definition) is 0. The van der Waals surface area contributed by atoms with Gasteiger partial charge in [-0.2, -0.15) is 0 Å². The van der Waals surface area contributed by atoms with E-state index in [0.29, 0.717) is 17.3 Å². The van der Waals surface area contributed by atoms with Gasteiger partial charge in [0.25, 0.3) is 0 Å². The predicted molar refractivity (Wildman–Crippen MR) is 82.3 cm³/mol. The maximum atomic E-state index is 6.15. The molecule has 0 atom stereocenters. The molecule has 0 aromatic carbocycles. The fourth-order valence-electron chi connectivity index (χ4n) is 1.21. The molecule has 0 spiro atoms. The van der Waals surface area contributed by atoms with Crippen molar-refractivity contribution in [1.82, 2.24) is 0 Å². The van der Waals surface area contributed by atoms with E-state index in [4.69, 9.17) is 46.4 Å². The van der Waals surface area contributed by atoms with Crippen molar-refractivity contribution in [1.29, 1.82) is 0 Å². The average molecular weight is 364 g/mol. The first-order chi connectivity index (χ1) is 7.91. The average Bonchev–Trinajstić information content (AvgIpc) is 2.62. The van der Waals surface area contributed by atoms with Gasteiger partial charge >= 0.3 is 0 Å². The van der Waals surface area contributed by atoms with Crippen molar-refractivity contribution in [3.05, 3.63) is 28.5 Å². The molecule has 2 heterocycles. The summed E-state index contributed by atoms with van der Waals surface area (Å²) in [6, 6.07) is 0. The van der Waals surface area contributed by atoms with Gasteiger partial charge < -0.3 is 0 Å². The molecule has 0 fully saturated rings. The first-order valence-corrected chi connectivity index (χ1v) is 8.44. The summed E-state index contributed by atoms with van der Waals surface area (Å²) >= 11 is 28.7. The number of rotatable bonds is 2. The van der Waals surface area contributed by atoms with Gasteiger partial charge in [-0.15, -0.1) is 22.7 Å². The molecule has 0 N–H and O–H groups in total. The van der Waals surface area contributed by atoms with Crippen LogP contribution in [0.5, 0.6) is 0 Å². The van der Waals surface area contributed by atoms with E-state index in [9.17, 15) is 0 Å². The zero-order valence-corrected chi connectivity index (χ0v) is 14.2. The lowest BCUT2D eigenvalue weighted by Crippen LogP contribution is -1.76. The van der Waals surface area contributed by atoms with E-state index in [1.165, 1.54) is 34.4 Å². The minimum atomic E-state index is 0.690. The number of thiophene rings is 2. The second kappa shape index (κ2) is 5.49. The van der Waals surface area contributed by atoms with Crippen LogP contribution in [-0.2, 0) is 0 Å². The SMILES string of the molecule is Cc1c(Cl)sc(Cl)c1Sc1c(Cl)sc(Cl)c1C. The first-order valence-electron chi connectivity index (χ1n) is 4.48. The molecule has 0 radical (unpaired) electrons. The molecular formula is C10H6Cl4S3. The van der Waals surface area contributed by atoms with Crippen molar-refractivity contribution in [3.63, 3.8) is 0 Å². The highest BCUT2D eigenvalue weighted by atomic mass is 35.5. The van der Waals surface area contributed by atoms with Gasteiger partial charge in [0, 0.05) is 9.79 Å². The van der Waals surface area contributed by atoms with E-state index in [-0.39, 0.29) is 0 Å². The zero-order valence-electron chi connectivity index (χ0n) is 8.74. The summed E-state index contributed by atoms with van der Waals surface area (Å²) in [6.45, 7) is 3.90. The van der Waals surface area contributed by atoms with Crippen LogP contribution in [0, 0.1) is 13.8 Å². The molecule has 0 nitrogen and oxygen atoms in total. The van der Waals surface area contributed by atoms with E-state index in [2.05, 4.69) is 0 Å². The van der Waals surface area contributed by atoms with Gasteiger partial charge in [0.1, 0.15) is 8.67 Å². The molecule has 92 valence electrons. The molecule has 2 rings (SSSR count). The van der Waals surface area contributed by atoms with Crippen molar-refractivity contribution in [3.8, 4) is 0 Å². The fraction of sp³-hybridized carbons (Fsp3) is 0.200. The molecule has 7 heteroatoms. The third kappa shape index (κ3) is 2.76. The maximum absolute atomic E-state index is 6.15. The van der Waals surface area contributed by atoms with Gasteiger partial charge in [0.05, 0.1) is 8.67 Å². The normalized spacial score (nSPS) is 11.2. The van der Waals surface area contributed by atoms with Crippen molar-refractivity contribution in [2.24, 2.45) is 0 Å². The van der Waals surface area contributed by atoms with Gasteiger partial charge in [-0.25, -0.2) is 0 Å². The predicted octanol–water partition coefficient (Wildman–Crippen LogP) is 7.19. The molecule has 2 aromatic rings. The van der Waals surface area contributed by atoms with E-state index < -0.39 is 0 Å². The summed E-state index contributed by atoms with van der Waals surface area (Å²) in [6.07, 6.45) is 0. The summed E-state index contributed by atoms with van der Waals surface area (Å²) in [5.41, 5.74) is 1.98. The first kappa shape index (κ1) is 14.3. The Bertz CT molecular complexity index is 520. The topological polar surface area (TPSA) is 0 Å². The quantitative estimate of drug-likeness (QED) is 0.543. The van der Waals surface area contributed by atoms with Gasteiger partial charge in [0.2, 0.25) is 0 Å². The molecule has 0 aliphatic rings. The summed E-state index contributed by atoms with van der Waals surface area (Å²) in [7, 11) is 0. The highest BCUT2D eigenvalue weighted by molar-refractivity contribution is 8.00. The second-order valence-corrected chi connectivity index (χ2v) is 8.78.